The van der Waals surface area contributed by atoms with Crippen molar-refractivity contribution < 1.29 is 4.42 Å². The van der Waals surface area contributed by atoms with Gasteiger partial charge in [0.05, 0.1) is 5.52 Å². The van der Waals surface area contributed by atoms with E-state index in [0.29, 0.717) is 0 Å². The van der Waals surface area contributed by atoms with Crippen LogP contribution >= 0.6 is 0 Å². The predicted octanol–water partition coefficient (Wildman–Crippen LogP) is 2.31. The summed E-state index contributed by atoms with van der Waals surface area (Å²) >= 11 is 0. The Morgan fingerprint density at radius 3 is 3.25 bits per heavy atom. The number of nitrogens with one attached hydrogen (secondary N) is 1. The molecule has 0 aliphatic heterocycles. The zero-order valence-corrected chi connectivity index (χ0v) is 6.24. The minimum absolute atomic E-state index is 0.831. The molecule has 58 valence electrons. The van der Waals surface area contributed by atoms with Crippen molar-refractivity contribution in [1.82, 2.24) is 9.97 Å². The van der Waals surface area contributed by atoms with Gasteiger partial charge < -0.3 is 9.40 Å². The van der Waals surface area contributed by atoms with Crippen molar-refractivity contribution in [1.29, 1.82) is 0 Å². The molecule has 0 fully saturated rings. The van der Waals surface area contributed by atoms with Gasteiger partial charge in [0.25, 0.3) is 0 Å². The highest BCUT2D eigenvalue weighted by Gasteiger charge is 2.03. The summed E-state index contributed by atoms with van der Waals surface area (Å²) in [4.78, 5) is 7.18. The van der Waals surface area contributed by atoms with Gasteiger partial charge in [-0.05, 0) is 12.1 Å². The Bertz CT molecular complexity index is 486. The van der Waals surface area contributed by atoms with Crippen molar-refractivity contribution in [3.05, 3.63) is 30.8 Å². The van der Waals surface area contributed by atoms with Crippen molar-refractivity contribution in [2.24, 2.45) is 0 Å². The third-order valence-electron chi connectivity index (χ3n) is 2.02. The van der Waals surface area contributed by atoms with Gasteiger partial charge in [-0.25, -0.2) is 4.98 Å². The molecule has 0 unspecified atom stereocenters. The zero-order chi connectivity index (χ0) is 7.97. The molecule has 0 radical (unpaired) electrons. The molecule has 0 saturated heterocycles. The fraction of sp³-hybridized carbons (Fsp3) is 0. The van der Waals surface area contributed by atoms with Gasteiger partial charge in [-0.15, -0.1) is 0 Å². The lowest BCUT2D eigenvalue weighted by atomic mass is 10.2. The number of hydrogen-bond acceptors (Lipinski definition) is 2. The van der Waals surface area contributed by atoms with Gasteiger partial charge in [0, 0.05) is 11.6 Å². The molecule has 3 aromatic rings. The van der Waals surface area contributed by atoms with E-state index in [1.807, 2.05) is 24.4 Å². The molecule has 2 heterocycles. The first-order valence-corrected chi connectivity index (χ1v) is 3.74. The summed E-state index contributed by atoms with van der Waals surface area (Å²) in [6.45, 7) is 0. The summed E-state index contributed by atoms with van der Waals surface area (Å²) in [7, 11) is 0. The van der Waals surface area contributed by atoms with Gasteiger partial charge in [-0.1, -0.05) is 6.07 Å². The van der Waals surface area contributed by atoms with E-state index < -0.39 is 0 Å². The molecular weight excluding hydrogens is 152 g/mol. The lowest BCUT2D eigenvalue weighted by molar-refractivity contribution is 0.604. The SMILES string of the molecule is c1cc2ccc3ncoc3c2[nH]1. The van der Waals surface area contributed by atoms with Crippen LogP contribution in [0, 0.1) is 0 Å². The topological polar surface area (TPSA) is 41.8 Å². The lowest BCUT2D eigenvalue weighted by Crippen LogP contribution is -1.69. The molecule has 0 aliphatic carbocycles. The highest BCUT2D eigenvalue weighted by Crippen LogP contribution is 2.22. The van der Waals surface area contributed by atoms with Gasteiger partial charge in [0.15, 0.2) is 12.0 Å². The first-order chi connectivity index (χ1) is 5.95. The van der Waals surface area contributed by atoms with Crippen LogP contribution in [0.15, 0.2) is 35.2 Å². The van der Waals surface area contributed by atoms with Crippen molar-refractivity contribution in [2.45, 2.75) is 0 Å². The monoisotopic (exact) mass is 158 g/mol. The first kappa shape index (κ1) is 5.83. The van der Waals surface area contributed by atoms with Gasteiger partial charge in [0.2, 0.25) is 0 Å². The summed E-state index contributed by atoms with van der Waals surface area (Å²) < 4.78 is 5.25. The Kier molecular flexibility index (Phi) is 0.913. The Hall–Kier alpha value is -1.77. The average molecular weight is 158 g/mol. The second kappa shape index (κ2) is 1.88. The van der Waals surface area contributed by atoms with Crippen LogP contribution in [0.25, 0.3) is 22.0 Å². The Morgan fingerprint density at radius 2 is 2.25 bits per heavy atom. The Morgan fingerprint density at radius 1 is 1.25 bits per heavy atom. The summed E-state index contributed by atoms with van der Waals surface area (Å²) in [5.41, 5.74) is 2.74. The standard InChI is InChI=1S/C9H6N2O/c1-2-7-9(12-5-11-7)8-6(1)3-4-10-8/h1-5,10H. The molecule has 3 heteroatoms. The van der Waals surface area contributed by atoms with Crippen LogP contribution in [0.3, 0.4) is 0 Å². The molecule has 0 bridgehead atoms. The van der Waals surface area contributed by atoms with Crippen LogP contribution in [0.2, 0.25) is 0 Å². The molecule has 0 atom stereocenters. The Labute approximate surface area is 68.0 Å². The van der Waals surface area contributed by atoms with E-state index in [2.05, 4.69) is 9.97 Å². The number of aromatic nitrogens is 2. The Balaban J connectivity index is 2.71. The molecule has 2 aromatic heterocycles. The zero-order valence-electron chi connectivity index (χ0n) is 6.24. The lowest BCUT2D eigenvalue weighted by Gasteiger charge is -1.88. The van der Waals surface area contributed by atoms with Gasteiger partial charge in [-0.3, -0.25) is 0 Å². The number of nitrogens with zero attached hydrogens (tertiary/aromatic N) is 1. The smallest absolute Gasteiger partial charge is 0.182 e. The minimum Gasteiger partial charge on any atom is -0.441 e. The van der Waals surface area contributed by atoms with Crippen LogP contribution in [0.1, 0.15) is 0 Å². The number of H-pyrrole nitrogens is 1. The number of rotatable bonds is 0. The summed E-state index contributed by atoms with van der Waals surface area (Å²) in [5.74, 6) is 0. The van der Waals surface area contributed by atoms with E-state index in [1.165, 1.54) is 6.39 Å². The third kappa shape index (κ3) is 0.580. The second-order valence-corrected chi connectivity index (χ2v) is 2.71. The molecule has 0 spiro atoms. The molecule has 0 saturated carbocycles. The van der Waals surface area contributed by atoms with Crippen molar-refractivity contribution >= 4 is 22.0 Å². The van der Waals surface area contributed by atoms with E-state index in [9.17, 15) is 0 Å². The van der Waals surface area contributed by atoms with E-state index in [-0.39, 0.29) is 0 Å². The van der Waals surface area contributed by atoms with Crippen LogP contribution in [0.4, 0.5) is 0 Å². The molecule has 1 aromatic carbocycles. The van der Waals surface area contributed by atoms with Crippen molar-refractivity contribution in [3.8, 4) is 0 Å². The third-order valence-corrected chi connectivity index (χ3v) is 2.02. The highest BCUT2D eigenvalue weighted by atomic mass is 16.3. The largest absolute Gasteiger partial charge is 0.441 e. The van der Waals surface area contributed by atoms with Crippen LogP contribution in [0.5, 0.6) is 0 Å². The highest BCUT2D eigenvalue weighted by molar-refractivity contribution is 6.00. The molecule has 0 aliphatic rings. The predicted molar refractivity (Wildman–Crippen MR) is 45.9 cm³/mol. The van der Waals surface area contributed by atoms with E-state index in [0.717, 1.165) is 22.0 Å². The van der Waals surface area contributed by atoms with E-state index in [1.54, 1.807) is 0 Å². The summed E-state index contributed by atoms with van der Waals surface area (Å²) in [6, 6.07) is 5.99. The van der Waals surface area contributed by atoms with Crippen molar-refractivity contribution in [2.75, 3.05) is 0 Å². The molecule has 0 amide bonds. The molecule has 1 N–H and O–H groups in total. The second-order valence-electron chi connectivity index (χ2n) is 2.71. The van der Waals surface area contributed by atoms with Crippen molar-refractivity contribution in [3.63, 3.8) is 0 Å². The van der Waals surface area contributed by atoms with E-state index in [4.69, 9.17) is 4.42 Å². The number of aromatic amines is 1. The molecule has 3 rings (SSSR count). The number of hydrogen-bond donors (Lipinski definition) is 1. The minimum atomic E-state index is 0.831. The fourth-order valence-corrected chi connectivity index (χ4v) is 1.45. The number of fused-ring (bicyclic) bond motifs is 3. The number of oxazole rings is 1. The maximum Gasteiger partial charge on any atom is 0.182 e. The van der Waals surface area contributed by atoms with Crippen LogP contribution in [-0.4, -0.2) is 9.97 Å². The fourth-order valence-electron chi connectivity index (χ4n) is 1.45. The summed E-state index contributed by atoms with van der Waals surface area (Å²) in [5, 5.41) is 1.15. The maximum atomic E-state index is 5.25. The average Bonchev–Trinajstić information content (AvgIpc) is 2.71. The van der Waals surface area contributed by atoms with Gasteiger partial charge in [-0.2, -0.15) is 0 Å². The normalized spacial score (nSPS) is 11.3. The van der Waals surface area contributed by atoms with Crippen LogP contribution < -0.4 is 0 Å². The van der Waals surface area contributed by atoms with Crippen LogP contribution in [-0.2, 0) is 0 Å². The van der Waals surface area contributed by atoms with E-state index >= 15 is 0 Å². The maximum absolute atomic E-state index is 5.25. The van der Waals surface area contributed by atoms with Gasteiger partial charge in [0.1, 0.15) is 5.52 Å². The molecular formula is C9H6N2O. The number of benzene rings is 1. The quantitative estimate of drug-likeness (QED) is 0.545. The molecule has 3 nitrogen and oxygen atoms in total. The van der Waals surface area contributed by atoms with Gasteiger partial charge >= 0.3 is 0 Å². The summed E-state index contributed by atoms with van der Waals surface area (Å²) in [6.07, 6.45) is 3.36. The molecule has 12 heavy (non-hydrogen) atoms. The first-order valence-electron chi connectivity index (χ1n) is 3.74.